The number of halogens is 2. The van der Waals surface area contributed by atoms with Crippen molar-refractivity contribution in [3.05, 3.63) is 58.3 Å². The van der Waals surface area contributed by atoms with Crippen LogP contribution in [0.25, 0.3) is 0 Å². The molecule has 0 spiro atoms. The number of nitrogens with one attached hydrogen (secondary N) is 1. The van der Waals surface area contributed by atoms with Gasteiger partial charge in [-0.25, -0.2) is 4.39 Å². The summed E-state index contributed by atoms with van der Waals surface area (Å²) < 4.78 is 19.0. The number of benzene rings is 2. The number of methoxy groups -OCH3 is 1. The molecular formula is C15H15BrFNO2. The lowest BCUT2D eigenvalue weighted by Crippen LogP contribution is -2.12. The van der Waals surface area contributed by atoms with Gasteiger partial charge < -0.3 is 15.2 Å². The molecule has 0 saturated heterocycles. The van der Waals surface area contributed by atoms with Gasteiger partial charge >= 0.3 is 0 Å². The number of aliphatic hydroxyl groups excluding tert-OH is 1. The van der Waals surface area contributed by atoms with E-state index in [4.69, 9.17) is 4.74 Å². The van der Waals surface area contributed by atoms with Gasteiger partial charge in [-0.2, -0.15) is 0 Å². The van der Waals surface area contributed by atoms with E-state index < -0.39 is 6.10 Å². The Kier molecular flexibility index (Phi) is 4.98. The van der Waals surface area contributed by atoms with Gasteiger partial charge in [-0.3, -0.25) is 0 Å². The molecule has 0 aliphatic rings. The Balaban J connectivity index is 2.04. The standard InChI is InChI=1S/C15H15BrFNO2/c1-20-12-4-2-3-10(7-12)15(19)9-18-14-8-11(17)5-6-13(14)16/h2-8,15,18-19H,9H2,1H3. The fourth-order valence-electron chi connectivity index (χ4n) is 1.81. The van der Waals surface area contributed by atoms with Crippen molar-refractivity contribution in [1.82, 2.24) is 0 Å². The van der Waals surface area contributed by atoms with Crippen molar-refractivity contribution in [1.29, 1.82) is 0 Å². The van der Waals surface area contributed by atoms with Crippen LogP contribution in [0.15, 0.2) is 46.9 Å². The lowest BCUT2D eigenvalue weighted by atomic mass is 10.1. The smallest absolute Gasteiger partial charge is 0.125 e. The highest BCUT2D eigenvalue weighted by atomic mass is 79.9. The molecule has 0 fully saturated rings. The van der Waals surface area contributed by atoms with Crippen molar-refractivity contribution in [3.8, 4) is 5.75 Å². The van der Waals surface area contributed by atoms with Gasteiger partial charge in [0.2, 0.25) is 0 Å². The summed E-state index contributed by atoms with van der Waals surface area (Å²) in [6.45, 7) is 0.273. The highest BCUT2D eigenvalue weighted by molar-refractivity contribution is 9.10. The molecule has 0 aromatic heterocycles. The van der Waals surface area contributed by atoms with E-state index in [9.17, 15) is 9.50 Å². The van der Waals surface area contributed by atoms with Crippen molar-refractivity contribution < 1.29 is 14.2 Å². The highest BCUT2D eigenvalue weighted by Gasteiger charge is 2.09. The monoisotopic (exact) mass is 339 g/mol. The Labute approximate surface area is 125 Å². The summed E-state index contributed by atoms with van der Waals surface area (Å²) in [6.07, 6.45) is -0.708. The van der Waals surface area contributed by atoms with Crippen molar-refractivity contribution in [2.45, 2.75) is 6.10 Å². The first-order valence-electron chi connectivity index (χ1n) is 6.11. The predicted octanol–water partition coefficient (Wildman–Crippen LogP) is 3.74. The Bertz CT molecular complexity index is 592. The molecule has 106 valence electrons. The number of ether oxygens (including phenoxy) is 1. The molecule has 1 unspecified atom stereocenters. The molecule has 20 heavy (non-hydrogen) atoms. The Morgan fingerprint density at radius 2 is 2.10 bits per heavy atom. The van der Waals surface area contributed by atoms with E-state index in [1.165, 1.54) is 12.1 Å². The topological polar surface area (TPSA) is 41.5 Å². The molecule has 0 heterocycles. The lowest BCUT2D eigenvalue weighted by Gasteiger charge is -2.15. The van der Waals surface area contributed by atoms with Gasteiger partial charge in [-0.15, -0.1) is 0 Å². The van der Waals surface area contributed by atoms with Gasteiger partial charge in [0.25, 0.3) is 0 Å². The lowest BCUT2D eigenvalue weighted by molar-refractivity contribution is 0.191. The fraction of sp³-hybridized carbons (Fsp3) is 0.200. The molecule has 0 radical (unpaired) electrons. The number of anilines is 1. The third-order valence-electron chi connectivity index (χ3n) is 2.89. The normalized spacial score (nSPS) is 12.0. The molecule has 2 aromatic carbocycles. The number of hydrogen-bond donors (Lipinski definition) is 2. The van der Waals surface area contributed by atoms with Crippen LogP contribution in [-0.2, 0) is 0 Å². The Hall–Kier alpha value is -1.59. The van der Waals surface area contributed by atoms with E-state index in [2.05, 4.69) is 21.2 Å². The number of aliphatic hydroxyl groups is 1. The summed E-state index contributed by atoms with van der Waals surface area (Å²) in [7, 11) is 1.58. The minimum Gasteiger partial charge on any atom is -0.497 e. The summed E-state index contributed by atoms with van der Waals surface area (Å²) in [4.78, 5) is 0. The highest BCUT2D eigenvalue weighted by Crippen LogP contribution is 2.25. The van der Waals surface area contributed by atoms with Gasteiger partial charge in [0.15, 0.2) is 0 Å². The van der Waals surface area contributed by atoms with Crippen LogP contribution < -0.4 is 10.1 Å². The van der Waals surface area contributed by atoms with E-state index in [0.29, 0.717) is 11.4 Å². The van der Waals surface area contributed by atoms with Gasteiger partial charge in [0.1, 0.15) is 11.6 Å². The molecule has 2 aromatic rings. The van der Waals surface area contributed by atoms with Crippen LogP contribution in [0, 0.1) is 5.82 Å². The average molecular weight is 340 g/mol. The largest absolute Gasteiger partial charge is 0.497 e. The second-order valence-electron chi connectivity index (χ2n) is 4.30. The van der Waals surface area contributed by atoms with Crippen molar-refractivity contribution in [3.63, 3.8) is 0 Å². The molecule has 0 saturated carbocycles. The molecule has 3 nitrogen and oxygen atoms in total. The number of hydrogen-bond acceptors (Lipinski definition) is 3. The van der Waals surface area contributed by atoms with E-state index in [1.54, 1.807) is 19.2 Å². The summed E-state index contributed by atoms with van der Waals surface area (Å²) in [5.74, 6) is 0.361. The third kappa shape index (κ3) is 3.71. The third-order valence-corrected chi connectivity index (χ3v) is 3.58. The fourth-order valence-corrected chi connectivity index (χ4v) is 2.19. The maximum absolute atomic E-state index is 13.2. The van der Waals surface area contributed by atoms with Crippen LogP contribution >= 0.6 is 15.9 Å². The SMILES string of the molecule is COc1cccc(C(O)CNc2cc(F)ccc2Br)c1. The second-order valence-corrected chi connectivity index (χ2v) is 5.15. The van der Waals surface area contributed by atoms with Crippen molar-refractivity contribution >= 4 is 21.6 Å². The quantitative estimate of drug-likeness (QED) is 0.871. The molecular weight excluding hydrogens is 325 g/mol. The average Bonchev–Trinajstić information content (AvgIpc) is 2.48. The first-order chi connectivity index (χ1) is 9.60. The minimum absolute atomic E-state index is 0.273. The van der Waals surface area contributed by atoms with Gasteiger partial charge in [-0.05, 0) is 51.8 Å². The zero-order valence-corrected chi connectivity index (χ0v) is 12.5. The molecule has 0 aliphatic heterocycles. The second kappa shape index (κ2) is 6.72. The van der Waals surface area contributed by atoms with Crippen molar-refractivity contribution in [2.24, 2.45) is 0 Å². The maximum atomic E-state index is 13.2. The van der Waals surface area contributed by atoms with Gasteiger partial charge in [0, 0.05) is 11.0 Å². The van der Waals surface area contributed by atoms with Crippen LogP contribution in [0.2, 0.25) is 0 Å². The molecule has 0 aliphatic carbocycles. The first-order valence-corrected chi connectivity index (χ1v) is 6.90. The van der Waals surface area contributed by atoms with Crippen LogP contribution in [0.3, 0.4) is 0 Å². The Morgan fingerprint density at radius 3 is 2.85 bits per heavy atom. The molecule has 2 N–H and O–H groups in total. The predicted molar refractivity (Wildman–Crippen MR) is 80.5 cm³/mol. The summed E-state index contributed by atoms with van der Waals surface area (Å²) in [6, 6.07) is 11.6. The van der Waals surface area contributed by atoms with Crippen LogP contribution in [0.5, 0.6) is 5.75 Å². The zero-order valence-electron chi connectivity index (χ0n) is 10.9. The molecule has 0 amide bonds. The van der Waals surface area contributed by atoms with Crippen molar-refractivity contribution in [2.75, 3.05) is 19.0 Å². The van der Waals surface area contributed by atoms with Gasteiger partial charge in [0.05, 0.1) is 18.9 Å². The summed E-state index contributed by atoms with van der Waals surface area (Å²) in [5.41, 5.74) is 1.34. The molecule has 0 bridgehead atoms. The van der Waals surface area contributed by atoms with Gasteiger partial charge in [-0.1, -0.05) is 12.1 Å². The summed E-state index contributed by atoms with van der Waals surface area (Å²) in [5, 5.41) is 13.1. The molecule has 2 rings (SSSR count). The number of rotatable bonds is 5. The Morgan fingerprint density at radius 1 is 1.30 bits per heavy atom. The molecule has 5 heteroatoms. The van der Waals surface area contributed by atoms with Crippen LogP contribution in [-0.4, -0.2) is 18.8 Å². The first kappa shape index (κ1) is 14.8. The van der Waals surface area contributed by atoms with E-state index in [-0.39, 0.29) is 12.4 Å². The summed E-state index contributed by atoms with van der Waals surface area (Å²) >= 11 is 3.33. The zero-order chi connectivity index (χ0) is 14.5. The van der Waals surface area contributed by atoms with Crippen LogP contribution in [0.1, 0.15) is 11.7 Å². The maximum Gasteiger partial charge on any atom is 0.125 e. The van der Waals surface area contributed by atoms with E-state index in [1.807, 2.05) is 18.2 Å². The van der Waals surface area contributed by atoms with E-state index in [0.717, 1.165) is 10.0 Å². The molecule has 1 atom stereocenters. The van der Waals surface area contributed by atoms with E-state index >= 15 is 0 Å². The minimum atomic E-state index is -0.708. The van der Waals surface area contributed by atoms with Crippen LogP contribution in [0.4, 0.5) is 10.1 Å².